The quantitative estimate of drug-likeness (QED) is 0.386. The number of anilines is 2. The second-order valence-electron chi connectivity index (χ2n) is 7.35. The molecule has 0 aliphatic heterocycles. The molecule has 6 nitrogen and oxygen atoms in total. The van der Waals surface area contributed by atoms with Crippen molar-refractivity contribution in [1.29, 1.82) is 0 Å². The Kier molecular flexibility index (Phi) is 4.74. The van der Waals surface area contributed by atoms with Crippen LogP contribution in [0.1, 0.15) is 15.9 Å². The summed E-state index contributed by atoms with van der Waals surface area (Å²) in [6, 6.07) is 20.4. The highest BCUT2D eigenvalue weighted by atomic mass is 19.4. The zero-order valence-electron chi connectivity index (χ0n) is 17.0. The molecule has 9 heteroatoms. The van der Waals surface area contributed by atoms with Gasteiger partial charge in [-0.1, -0.05) is 36.4 Å². The molecule has 0 radical (unpaired) electrons. The van der Waals surface area contributed by atoms with Crippen LogP contribution in [0.5, 0.6) is 0 Å². The molecule has 0 bridgehead atoms. The van der Waals surface area contributed by atoms with Crippen molar-refractivity contribution in [2.24, 2.45) is 0 Å². The molecule has 2 heterocycles. The minimum atomic E-state index is -4.54. The van der Waals surface area contributed by atoms with Gasteiger partial charge in [-0.25, -0.2) is 9.97 Å². The van der Waals surface area contributed by atoms with Crippen LogP contribution in [-0.2, 0) is 6.18 Å². The van der Waals surface area contributed by atoms with Crippen LogP contribution in [-0.4, -0.2) is 20.4 Å². The monoisotopic (exact) mass is 447 g/mol. The Morgan fingerprint density at radius 2 is 1.55 bits per heavy atom. The fourth-order valence-electron chi connectivity index (χ4n) is 3.68. The standard InChI is InChI=1S/C24H16F3N5O/c25-24(26,27)14-7-6-10-16(13-14)32-21(28)19(23(33)29-15-8-2-1-3-9-15)20-22(32)31-18-12-5-4-11-17(18)30-20/h1-13H,28H2,(H,29,33). The van der Waals surface area contributed by atoms with E-state index in [4.69, 9.17) is 5.73 Å². The van der Waals surface area contributed by atoms with Crippen LogP contribution < -0.4 is 11.1 Å². The van der Waals surface area contributed by atoms with E-state index in [9.17, 15) is 18.0 Å². The number of amides is 1. The first kappa shape index (κ1) is 20.5. The summed E-state index contributed by atoms with van der Waals surface area (Å²) in [7, 11) is 0. The molecule has 2 aromatic heterocycles. The Morgan fingerprint density at radius 1 is 0.879 bits per heavy atom. The van der Waals surface area contributed by atoms with Crippen LogP contribution in [0.2, 0.25) is 0 Å². The first-order chi connectivity index (χ1) is 15.8. The predicted molar refractivity (Wildman–Crippen MR) is 120 cm³/mol. The Hall–Kier alpha value is -4.40. The number of carbonyl (C=O) groups is 1. The number of nitrogens with one attached hydrogen (secondary N) is 1. The van der Waals surface area contributed by atoms with E-state index in [2.05, 4.69) is 15.3 Å². The number of hydrogen-bond donors (Lipinski definition) is 2. The van der Waals surface area contributed by atoms with Gasteiger partial charge in [0.15, 0.2) is 5.65 Å². The minimum absolute atomic E-state index is 0.0320. The largest absolute Gasteiger partial charge is 0.416 e. The number of benzene rings is 3. The van der Waals surface area contributed by atoms with Crippen molar-refractivity contribution < 1.29 is 18.0 Å². The SMILES string of the molecule is Nc1c(C(=O)Nc2ccccc2)c2nc3ccccc3nc2n1-c1cccc(C(F)(F)F)c1. The van der Waals surface area contributed by atoms with E-state index in [1.165, 1.54) is 16.7 Å². The molecule has 0 aliphatic carbocycles. The lowest BCUT2D eigenvalue weighted by Crippen LogP contribution is -2.14. The number of rotatable bonds is 3. The number of halogens is 3. The van der Waals surface area contributed by atoms with Crippen LogP contribution >= 0.6 is 0 Å². The van der Waals surface area contributed by atoms with Crippen molar-refractivity contribution >= 4 is 39.6 Å². The van der Waals surface area contributed by atoms with Crippen molar-refractivity contribution in [3.8, 4) is 5.69 Å². The average Bonchev–Trinajstić information content (AvgIpc) is 3.08. The van der Waals surface area contributed by atoms with Crippen molar-refractivity contribution in [3.05, 3.63) is 90.0 Å². The third-order valence-electron chi connectivity index (χ3n) is 5.19. The van der Waals surface area contributed by atoms with E-state index in [0.29, 0.717) is 16.7 Å². The topological polar surface area (TPSA) is 85.8 Å². The Balaban J connectivity index is 1.77. The molecule has 33 heavy (non-hydrogen) atoms. The number of hydrogen-bond acceptors (Lipinski definition) is 4. The summed E-state index contributed by atoms with van der Waals surface area (Å²) in [5.74, 6) is -0.605. The maximum Gasteiger partial charge on any atom is 0.416 e. The molecule has 0 unspecified atom stereocenters. The Bertz CT molecular complexity index is 1510. The summed E-state index contributed by atoms with van der Waals surface area (Å²) in [5, 5.41) is 2.76. The molecule has 0 aliphatic rings. The van der Waals surface area contributed by atoms with E-state index in [1.807, 2.05) is 0 Å². The zero-order chi connectivity index (χ0) is 23.2. The molecule has 0 spiro atoms. The predicted octanol–water partition coefficient (Wildman–Crippen LogP) is 5.43. The van der Waals surface area contributed by atoms with Crippen molar-refractivity contribution in [2.75, 3.05) is 11.1 Å². The third-order valence-corrected chi connectivity index (χ3v) is 5.19. The van der Waals surface area contributed by atoms with Gasteiger partial charge in [-0.05, 0) is 42.5 Å². The summed E-state index contributed by atoms with van der Waals surface area (Å²) < 4.78 is 41.4. The Labute approximate surface area is 185 Å². The van der Waals surface area contributed by atoms with Crippen LogP contribution in [0.15, 0.2) is 78.9 Å². The summed E-state index contributed by atoms with van der Waals surface area (Å²) in [6.45, 7) is 0. The molecular weight excluding hydrogens is 431 g/mol. The normalized spacial score (nSPS) is 11.7. The van der Waals surface area contributed by atoms with E-state index >= 15 is 0 Å². The van der Waals surface area contributed by atoms with Gasteiger partial charge in [0.25, 0.3) is 5.91 Å². The van der Waals surface area contributed by atoms with Crippen LogP contribution in [0, 0.1) is 0 Å². The van der Waals surface area contributed by atoms with Gasteiger partial charge >= 0.3 is 6.18 Å². The lowest BCUT2D eigenvalue weighted by Gasteiger charge is -2.12. The molecule has 3 aromatic carbocycles. The summed E-state index contributed by atoms with van der Waals surface area (Å²) in [4.78, 5) is 22.4. The number of carbonyl (C=O) groups excluding carboxylic acids is 1. The van der Waals surface area contributed by atoms with Gasteiger partial charge in [-0.2, -0.15) is 13.2 Å². The smallest absolute Gasteiger partial charge is 0.384 e. The number of nitrogens with two attached hydrogens (primary N) is 1. The lowest BCUT2D eigenvalue weighted by atomic mass is 10.2. The summed E-state index contributed by atoms with van der Waals surface area (Å²) in [6.07, 6.45) is -4.54. The minimum Gasteiger partial charge on any atom is -0.384 e. The lowest BCUT2D eigenvalue weighted by molar-refractivity contribution is -0.137. The second kappa shape index (κ2) is 7.63. The fourth-order valence-corrected chi connectivity index (χ4v) is 3.68. The maximum atomic E-state index is 13.3. The van der Waals surface area contributed by atoms with E-state index < -0.39 is 17.6 Å². The van der Waals surface area contributed by atoms with Crippen LogP contribution in [0.3, 0.4) is 0 Å². The van der Waals surface area contributed by atoms with Crippen molar-refractivity contribution in [3.63, 3.8) is 0 Å². The fraction of sp³-hybridized carbons (Fsp3) is 0.0417. The van der Waals surface area contributed by atoms with Crippen LogP contribution in [0.4, 0.5) is 24.7 Å². The molecule has 1 amide bonds. The molecule has 0 atom stereocenters. The van der Waals surface area contributed by atoms with Gasteiger partial charge in [-0.15, -0.1) is 0 Å². The number of alkyl halides is 3. The first-order valence-electron chi connectivity index (χ1n) is 9.93. The Morgan fingerprint density at radius 3 is 2.24 bits per heavy atom. The molecule has 0 saturated heterocycles. The number of fused-ring (bicyclic) bond motifs is 2. The molecule has 0 fully saturated rings. The molecule has 3 N–H and O–H groups in total. The number of aromatic nitrogens is 3. The van der Waals surface area contributed by atoms with Gasteiger partial charge in [0.1, 0.15) is 16.9 Å². The highest BCUT2D eigenvalue weighted by molar-refractivity contribution is 6.16. The number of para-hydroxylation sites is 3. The first-order valence-corrected chi connectivity index (χ1v) is 9.93. The molecule has 0 saturated carbocycles. The molecule has 5 rings (SSSR count). The number of nitrogen functional groups attached to an aromatic ring is 1. The van der Waals surface area contributed by atoms with E-state index in [1.54, 1.807) is 54.6 Å². The zero-order valence-corrected chi connectivity index (χ0v) is 17.0. The van der Waals surface area contributed by atoms with Gasteiger partial charge in [0.05, 0.1) is 16.6 Å². The maximum absolute atomic E-state index is 13.3. The van der Waals surface area contributed by atoms with Crippen LogP contribution in [0.25, 0.3) is 27.9 Å². The highest BCUT2D eigenvalue weighted by Crippen LogP contribution is 2.34. The molecular formula is C24H16F3N5O. The van der Waals surface area contributed by atoms with E-state index in [-0.39, 0.29) is 28.2 Å². The van der Waals surface area contributed by atoms with Crippen molar-refractivity contribution in [2.45, 2.75) is 6.18 Å². The van der Waals surface area contributed by atoms with Gasteiger partial charge in [0.2, 0.25) is 0 Å². The van der Waals surface area contributed by atoms with Gasteiger partial charge in [0, 0.05) is 11.4 Å². The van der Waals surface area contributed by atoms with Crippen molar-refractivity contribution in [1.82, 2.24) is 14.5 Å². The third kappa shape index (κ3) is 3.63. The van der Waals surface area contributed by atoms with Gasteiger partial charge < -0.3 is 11.1 Å². The highest BCUT2D eigenvalue weighted by Gasteiger charge is 2.31. The summed E-state index contributed by atoms with van der Waals surface area (Å²) in [5.41, 5.74) is 7.64. The molecule has 5 aromatic rings. The summed E-state index contributed by atoms with van der Waals surface area (Å²) >= 11 is 0. The second-order valence-corrected chi connectivity index (χ2v) is 7.35. The number of nitrogens with zero attached hydrogens (tertiary/aromatic N) is 3. The average molecular weight is 447 g/mol. The van der Waals surface area contributed by atoms with E-state index in [0.717, 1.165) is 12.1 Å². The van der Waals surface area contributed by atoms with Gasteiger partial charge in [-0.3, -0.25) is 9.36 Å². The molecule has 164 valence electrons.